The van der Waals surface area contributed by atoms with Crippen LogP contribution in [-0.4, -0.2) is 46.3 Å². The molecule has 1 aromatic heterocycles. The number of urea groups is 1. The van der Waals surface area contributed by atoms with E-state index in [4.69, 9.17) is 0 Å². The molecule has 0 aliphatic rings. The molecule has 136 valence electrons. The van der Waals surface area contributed by atoms with E-state index in [9.17, 15) is 4.79 Å². The Hall–Kier alpha value is -2.41. The van der Waals surface area contributed by atoms with E-state index in [1.165, 1.54) is 11.1 Å². The van der Waals surface area contributed by atoms with Gasteiger partial charge in [-0.25, -0.2) is 4.79 Å². The quantitative estimate of drug-likeness (QED) is 0.768. The molecule has 2 N–H and O–H groups in total. The van der Waals surface area contributed by atoms with E-state index in [0.29, 0.717) is 13.1 Å². The summed E-state index contributed by atoms with van der Waals surface area (Å²) in [5.41, 5.74) is 2.50. The van der Waals surface area contributed by atoms with Crippen molar-refractivity contribution in [3.63, 3.8) is 0 Å². The molecule has 0 aliphatic carbocycles. The molecule has 0 saturated carbocycles. The summed E-state index contributed by atoms with van der Waals surface area (Å²) in [5, 5.41) is 13.6. The van der Waals surface area contributed by atoms with Crippen LogP contribution in [0.1, 0.15) is 36.8 Å². The first-order valence-electron chi connectivity index (χ1n) is 8.68. The maximum atomic E-state index is 12.1. The van der Waals surface area contributed by atoms with Gasteiger partial charge in [-0.1, -0.05) is 31.2 Å². The molecule has 1 heterocycles. The molecule has 0 aliphatic heterocycles. The molecule has 1 atom stereocenters. The average Bonchev–Trinajstić information content (AvgIpc) is 3.08. The third-order valence-corrected chi connectivity index (χ3v) is 4.30. The molecule has 0 unspecified atom stereocenters. The van der Waals surface area contributed by atoms with Gasteiger partial charge in [-0.3, -0.25) is 0 Å². The smallest absolute Gasteiger partial charge is 0.315 e. The van der Waals surface area contributed by atoms with Gasteiger partial charge in [-0.15, -0.1) is 10.2 Å². The van der Waals surface area contributed by atoms with Gasteiger partial charge in [0.25, 0.3) is 0 Å². The van der Waals surface area contributed by atoms with Crippen molar-refractivity contribution in [1.29, 1.82) is 0 Å². The highest BCUT2D eigenvalue weighted by Crippen LogP contribution is 2.18. The topological polar surface area (TPSA) is 75.1 Å². The van der Waals surface area contributed by atoms with Gasteiger partial charge in [0, 0.05) is 13.1 Å². The minimum absolute atomic E-state index is 0.121. The van der Waals surface area contributed by atoms with E-state index in [-0.39, 0.29) is 12.1 Å². The molecule has 0 spiro atoms. The third kappa shape index (κ3) is 5.29. The largest absolute Gasteiger partial charge is 0.336 e. The summed E-state index contributed by atoms with van der Waals surface area (Å²) in [4.78, 5) is 14.2. The number of carbonyl (C=O) groups excluding carboxylic acids is 1. The first-order chi connectivity index (χ1) is 12.0. The van der Waals surface area contributed by atoms with Gasteiger partial charge in [-0.2, -0.15) is 0 Å². The van der Waals surface area contributed by atoms with Crippen molar-refractivity contribution >= 4 is 6.03 Å². The lowest BCUT2D eigenvalue weighted by molar-refractivity contribution is 0.232. The minimum Gasteiger partial charge on any atom is -0.336 e. The zero-order chi connectivity index (χ0) is 18.2. The van der Waals surface area contributed by atoms with Crippen LogP contribution in [0.3, 0.4) is 0 Å². The van der Waals surface area contributed by atoms with Gasteiger partial charge in [0.05, 0.1) is 12.6 Å². The summed E-state index contributed by atoms with van der Waals surface area (Å²) in [5.74, 6) is 0.747. The second kappa shape index (κ2) is 9.17. The molecule has 2 rings (SSSR count). The highest BCUT2D eigenvalue weighted by atomic mass is 16.2. The summed E-state index contributed by atoms with van der Waals surface area (Å²) >= 11 is 0. The molecule has 0 saturated heterocycles. The number of nitrogens with one attached hydrogen (secondary N) is 2. The summed E-state index contributed by atoms with van der Waals surface area (Å²) in [6, 6.07) is 8.46. The number of hydrogen-bond donors (Lipinski definition) is 2. The summed E-state index contributed by atoms with van der Waals surface area (Å²) in [7, 11) is 4.03. The number of aromatic nitrogens is 3. The maximum absolute atomic E-state index is 12.1. The van der Waals surface area contributed by atoms with Crippen LogP contribution in [0.15, 0.2) is 30.6 Å². The fourth-order valence-electron chi connectivity index (χ4n) is 2.67. The third-order valence-electron chi connectivity index (χ3n) is 4.30. The molecule has 7 nitrogen and oxygen atoms in total. The SMILES string of the molecule is CCc1ccc([C@@H](CNC(=O)NCc2nncn2CC)N(C)C)cc1. The Balaban J connectivity index is 1.88. The minimum atomic E-state index is -0.206. The normalized spacial score (nSPS) is 12.2. The average molecular weight is 344 g/mol. The van der Waals surface area contributed by atoms with Gasteiger partial charge >= 0.3 is 6.03 Å². The highest BCUT2D eigenvalue weighted by Gasteiger charge is 2.15. The van der Waals surface area contributed by atoms with Gasteiger partial charge in [0.1, 0.15) is 6.33 Å². The molecule has 25 heavy (non-hydrogen) atoms. The number of aryl methyl sites for hydroxylation is 2. The maximum Gasteiger partial charge on any atom is 0.315 e. The Labute approximate surface area is 149 Å². The van der Waals surface area contributed by atoms with E-state index in [2.05, 4.69) is 56.9 Å². The first-order valence-corrected chi connectivity index (χ1v) is 8.68. The zero-order valence-corrected chi connectivity index (χ0v) is 15.5. The predicted molar refractivity (Wildman–Crippen MR) is 98.2 cm³/mol. The number of likely N-dealkylation sites (N-methyl/N-ethyl adjacent to an activating group) is 1. The van der Waals surface area contributed by atoms with Crippen molar-refractivity contribution < 1.29 is 4.79 Å². The van der Waals surface area contributed by atoms with Gasteiger partial charge in [0.15, 0.2) is 5.82 Å². The number of benzene rings is 1. The molecule has 0 fully saturated rings. The first kappa shape index (κ1) is 18.9. The Kier molecular flexibility index (Phi) is 6.94. The Morgan fingerprint density at radius 3 is 2.52 bits per heavy atom. The molecule has 1 aromatic carbocycles. The second-order valence-corrected chi connectivity index (χ2v) is 6.17. The van der Waals surface area contributed by atoms with E-state index >= 15 is 0 Å². The second-order valence-electron chi connectivity index (χ2n) is 6.17. The van der Waals surface area contributed by atoms with Gasteiger partial charge < -0.3 is 20.1 Å². The van der Waals surface area contributed by atoms with E-state index in [1.54, 1.807) is 6.33 Å². The van der Waals surface area contributed by atoms with Crippen molar-refractivity contribution in [3.05, 3.63) is 47.5 Å². The van der Waals surface area contributed by atoms with Crippen molar-refractivity contribution in [2.24, 2.45) is 0 Å². The number of hydrogen-bond acceptors (Lipinski definition) is 4. The van der Waals surface area contributed by atoms with Crippen molar-refractivity contribution in [1.82, 2.24) is 30.3 Å². The standard InChI is InChI=1S/C18H28N6O/c1-5-14-7-9-15(10-8-14)16(23(3)4)11-19-18(25)20-12-17-22-21-13-24(17)6-2/h7-10,13,16H,5-6,11-12H2,1-4H3,(H2,19,20,25)/t16-/m1/s1. The van der Waals surface area contributed by atoms with Crippen LogP contribution in [0.25, 0.3) is 0 Å². The van der Waals surface area contributed by atoms with Crippen molar-refractivity contribution in [2.75, 3.05) is 20.6 Å². The zero-order valence-electron chi connectivity index (χ0n) is 15.5. The van der Waals surface area contributed by atoms with E-state index in [0.717, 1.165) is 18.8 Å². The van der Waals surface area contributed by atoms with Crippen LogP contribution >= 0.6 is 0 Å². The number of nitrogens with zero attached hydrogens (tertiary/aromatic N) is 4. The monoisotopic (exact) mass is 344 g/mol. The number of rotatable bonds is 8. The highest BCUT2D eigenvalue weighted by molar-refractivity contribution is 5.73. The van der Waals surface area contributed by atoms with Crippen molar-refractivity contribution in [2.45, 2.75) is 39.4 Å². The van der Waals surface area contributed by atoms with Gasteiger partial charge in [-0.05, 0) is 38.6 Å². The van der Waals surface area contributed by atoms with Crippen LogP contribution in [0.5, 0.6) is 0 Å². The van der Waals surface area contributed by atoms with Crippen LogP contribution < -0.4 is 10.6 Å². The van der Waals surface area contributed by atoms with Crippen molar-refractivity contribution in [3.8, 4) is 0 Å². The summed E-state index contributed by atoms with van der Waals surface area (Å²) in [6.07, 6.45) is 2.69. The molecular weight excluding hydrogens is 316 g/mol. The van der Waals surface area contributed by atoms with E-state index in [1.807, 2.05) is 25.6 Å². The Morgan fingerprint density at radius 1 is 1.20 bits per heavy atom. The van der Waals surface area contributed by atoms with Gasteiger partial charge in [0.2, 0.25) is 0 Å². The van der Waals surface area contributed by atoms with Crippen LogP contribution in [-0.2, 0) is 19.5 Å². The lowest BCUT2D eigenvalue weighted by atomic mass is 10.0. The molecule has 2 amide bonds. The molecule has 2 aromatic rings. The Morgan fingerprint density at radius 2 is 1.92 bits per heavy atom. The van der Waals surface area contributed by atoms with E-state index < -0.39 is 0 Å². The molecule has 7 heteroatoms. The summed E-state index contributed by atoms with van der Waals surface area (Å²) in [6.45, 7) is 5.83. The lowest BCUT2D eigenvalue weighted by Gasteiger charge is -2.25. The molecular formula is C18H28N6O. The molecule has 0 bridgehead atoms. The Bertz CT molecular complexity index is 664. The number of carbonyl (C=O) groups is 1. The number of amides is 2. The fourth-order valence-corrected chi connectivity index (χ4v) is 2.67. The molecule has 0 radical (unpaired) electrons. The van der Waals surface area contributed by atoms with Crippen LogP contribution in [0, 0.1) is 0 Å². The summed E-state index contributed by atoms with van der Waals surface area (Å²) < 4.78 is 1.90. The van der Waals surface area contributed by atoms with Crippen LogP contribution in [0.2, 0.25) is 0 Å². The predicted octanol–water partition coefficient (Wildman–Crippen LogP) is 1.96. The van der Waals surface area contributed by atoms with Crippen LogP contribution in [0.4, 0.5) is 4.79 Å². The lowest BCUT2D eigenvalue weighted by Crippen LogP contribution is -2.40. The fraction of sp³-hybridized carbons (Fsp3) is 0.500.